The highest BCUT2D eigenvalue weighted by molar-refractivity contribution is 7.91. The normalized spacial score (nSPS) is 12.9. The van der Waals surface area contributed by atoms with Gasteiger partial charge in [0.25, 0.3) is 0 Å². The Hall–Kier alpha value is -1.14. The minimum atomic E-state index is -3.38. The van der Waals surface area contributed by atoms with Gasteiger partial charge in [0.15, 0.2) is 9.84 Å². The lowest BCUT2D eigenvalue weighted by atomic mass is 10.3. The lowest BCUT2D eigenvalue weighted by Gasteiger charge is -2.12. The van der Waals surface area contributed by atoms with E-state index in [1.54, 1.807) is 19.1 Å². The van der Waals surface area contributed by atoms with E-state index in [-0.39, 0.29) is 18.8 Å². The van der Waals surface area contributed by atoms with E-state index in [0.29, 0.717) is 0 Å². The summed E-state index contributed by atoms with van der Waals surface area (Å²) in [5.41, 5.74) is 0. The van der Waals surface area contributed by atoms with Crippen molar-refractivity contribution in [2.45, 2.75) is 18.6 Å². The SMILES string of the molecule is C=CC(c1cccs1)S(=O)(=O)CCOC(=O)CC. The molecule has 1 aromatic heterocycles. The van der Waals surface area contributed by atoms with Crippen molar-refractivity contribution in [1.29, 1.82) is 0 Å². The van der Waals surface area contributed by atoms with Crippen molar-refractivity contribution in [3.05, 3.63) is 35.0 Å². The molecule has 0 bridgehead atoms. The zero-order valence-electron chi connectivity index (χ0n) is 10.2. The van der Waals surface area contributed by atoms with Crippen LogP contribution in [0.25, 0.3) is 0 Å². The number of rotatable bonds is 7. The summed E-state index contributed by atoms with van der Waals surface area (Å²) in [6, 6.07) is 3.55. The van der Waals surface area contributed by atoms with Crippen LogP contribution in [-0.4, -0.2) is 26.7 Å². The van der Waals surface area contributed by atoms with Gasteiger partial charge in [-0.2, -0.15) is 0 Å². The van der Waals surface area contributed by atoms with Crippen molar-refractivity contribution < 1.29 is 17.9 Å². The largest absolute Gasteiger partial charge is 0.465 e. The van der Waals surface area contributed by atoms with E-state index in [2.05, 4.69) is 6.58 Å². The molecule has 1 heterocycles. The summed E-state index contributed by atoms with van der Waals surface area (Å²) < 4.78 is 28.9. The maximum absolute atomic E-state index is 12.1. The molecule has 0 saturated heterocycles. The van der Waals surface area contributed by atoms with E-state index in [0.717, 1.165) is 4.88 Å². The number of carbonyl (C=O) groups is 1. The maximum Gasteiger partial charge on any atom is 0.305 e. The molecule has 0 radical (unpaired) electrons. The Morgan fingerprint density at radius 2 is 2.33 bits per heavy atom. The van der Waals surface area contributed by atoms with E-state index < -0.39 is 21.1 Å². The highest BCUT2D eigenvalue weighted by Gasteiger charge is 2.25. The first-order valence-electron chi connectivity index (χ1n) is 5.54. The maximum atomic E-state index is 12.1. The van der Waals surface area contributed by atoms with Crippen LogP contribution in [0.1, 0.15) is 23.5 Å². The molecule has 0 N–H and O–H groups in total. The quantitative estimate of drug-likeness (QED) is 0.571. The fourth-order valence-corrected chi connectivity index (χ4v) is 4.00. The molecule has 0 saturated carbocycles. The van der Waals surface area contributed by atoms with Gasteiger partial charge in [-0.25, -0.2) is 8.42 Å². The second kappa shape index (κ2) is 6.70. The van der Waals surface area contributed by atoms with Crippen LogP contribution < -0.4 is 0 Å². The van der Waals surface area contributed by atoms with Crippen molar-refractivity contribution in [1.82, 2.24) is 0 Å². The van der Waals surface area contributed by atoms with Gasteiger partial charge >= 0.3 is 5.97 Å². The van der Waals surface area contributed by atoms with E-state index in [1.165, 1.54) is 17.4 Å². The summed E-state index contributed by atoms with van der Waals surface area (Å²) in [6.07, 6.45) is 1.65. The predicted octanol–water partition coefficient (Wildman–Crippen LogP) is 2.34. The Morgan fingerprint density at radius 3 is 2.83 bits per heavy atom. The van der Waals surface area contributed by atoms with Crippen LogP contribution in [-0.2, 0) is 19.4 Å². The minimum Gasteiger partial charge on any atom is -0.465 e. The molecule has 0 aliphatic carbocycles. The van der Waals surface area contributed by atoms with Crippen LogP contribution in [0.5, 0.6) is 0 Å². The highest BCUT2D eigenvalue weighted by Crippen LogP contribution is 2.28. The van der Waals surface area contributed by atoms with Crippen LogP contribution in [0.3, 0.4) is 0 Å². The molecule has 6 heteroatoms. The molecule has 0 fully saturated rings. The standard InChI is InChI=1S/C12H16O4S2/c1-3-11(10-6-5-8-17-10)18(14,15)9-7-16-12(13)4-2/h3,5-6,8,11H,1,4,7,9H2,2H3. The van der Waals surface area contributed by atoms with Crippen LogP contribution in [0.2, 0.25) is 0 Å². The van der Waals surface area contributed by atoms with Gasteiger partial charge in [0.2, 0.25) is 0 Å². The third kappa shape index (κ3) is 3.96. The zero-order valence-corrected chi connectivity index (χ0v) is 11.8. The van der Waals surface area contributed by atoms with E-state index in [9.17, 15) is 13.2 Å². The predicted molar refractivity (Wildman–Crippen MR) is 72.3 cm³/mol. The third-order valence-electron chi connectivity index (χ3n) is 2.34. The molecular formula is C12H16O4S2. The monoisotopic (exact) mass is 288 g/mol. The Morgan fingerprint density at radius 1 is 1.61 bits per heavy atom. The summed E-state index contributed by atoms with van der Waals surface area (Å²) in [4.78, 5) is 11.7. The van der Waals surface area contributed by atoms with Gasteiger partial charge in [-0.3, -0.25) is 4.79 Å². The first-order valence-corrected chi connectivity index (χ1v) is 8.14. The molecule has 0 aliphatic rings. The van der Waals surface area contributed by atoms with Gasteiger partial charge in [0.1, 0.15) is 11.9 Å². The Bertz CT molecular complexity index is 488. The smallest absolute Gasteiger partial charge is 0.305 e. The molecule has 1 rings (SSSR count). The topological polar surface area (TPSA) is 60.4 Å². The first kappa shape index (κ1) is 14.9. The molecule has 0 aromatic carbocycles. The molecular weight excluding hydrogens is 272 g/mol. The second-order valence-corrected chi connectivity index (χ2v) is 6.83. The molecule has 1 aromatic rings. The number of hydrogen-bond donors (Lipinski definition) is 0. The van der Waals surface area contributed by atoms with Gasteiger partial charge < -0.3 is 4.74 Å². The lowest BCUT2D eigenvalue weighted by molar-refractivity contribution is -0.142. The van der Waals surface area contributed by atoms with E-state index >= 15 is 0 Å². The van der Waals surface area contributed by atoms with Crippen molar-refractivity contribution in [3.8, 4) is 0 Å². The Labute approximate surface area is 111 Å². The van der Waals surface area contributed by atoms with Crippen LogP contribution in [0, 0.1) is 0 Å². The van der Waals surface area contributed by atoms with Crippen molar-refractivity contribution >= 4 is 27.1 Å². The van der Waals surface area contributed by atoms with E-state index in [1.807, 2.05) is 5.38 Å². The van der Waals surface area contributed by atoms with Crippen LogP contribution in [0.4, 0.5) is 0 Å². The average Bonchev–Trinajstić information content (AvgIpc) is 2.82. The minimum absolute atomic E-state index is 0.106. The molecule has 1 unspecified atom stereocenters. The lowest BCUT2D eigenvalue weighted by Crippen LogP contribution is -2.19. The van der Waals surface area contributed by atoms with Crippen LogP contribution in [0.15, 0.2) is 30.2 Å². The summed E-state index contributed by atoms with van der Waals surface area (Å²) in [5.74, 6) is -0.579. The number of ether oxygens (including phenoxy) is 1. The number of thiophene rings is 1. The number of sulfone groups is 1. The first-order chi connectivity index (χ1) is 8.51. The van der Waals surface area contributed by atoms with Gasteiger partial charge in [0, 0.05) is 11.3 Å². The Balaban J connectivity index is 2.67. The summed E-state index contributed by atoms with van der Waals surface area (Å²) in [5, 5.41) is 1.09. The van der Waals surface area contributed by atoms with Gasteiger partial charge in [-0.05, 0) is 11.4 Å². The molecule has 100 valence electrons. The zero-order chi connectivity index (χ0) is 13.6. The molecule has 0 amide bonds. The molecule has 0 aliphatic heterocycles. The molecule has 18 heavy (non-hydrogen) atoms. The number of hydrogen-bond acceptors (Lipinski definition) is 5. The fourth-order valence-electron chi connectivity index (χ4n) is 1.39. The summed E-state index contributed by atoms with van der Waals surface area (Å²) >= 11 is 1.37. The highest BCUT2D eigenvalue weighted by atomic mass is 32.2. The number of carbonyl (C=O) groups excluding carboxylic acids is 1. The van der Waals surface area contributed by atoms with Crippen molar-refractivity contribution in [3.63, 3.8) is 0 Å². The van der Waals surface area contributed by atoms with Crippen molar-refractivity contribution in [2.24, 2.45) is 0 Å². The fraction of sp³-hybridized carbons (Fsp3) is 0.417. The summed E-state index contributed by atoms with van der Waals surface area (Å²) in [7, 11) is -3.38. The van der Waals surface area contributed by atoms with Gasteiger partial charge in [-0.15, -0.1) is 17.9 Å². The molecule has 4 nitrogen and oxygen atoms in total. The van der Waals surface area contributed by atoms with E-state index in [4.69, 9.17) is 4.74 Å². The van der Waals surface area contributed by atoms with Crippen LogP contribution >= 0.6 is 11.3 Å². The average molecular weight is 288 g/mol. The molecule has 0 spiro atoms. The summed E-state index contributed by atoms with van der Waals surface area (Å²) in [6.45, 7) is 5.12. The van der Waals surface area contributed by atoms with Gasteiger partial charge in [-0.1, -0.05) is 19.1 Å². The third-order valence-corrected chi connectivity index (χ3v) is 5.40. The Kier molecular flexibility index (Phi) is 5.55. The molecule has 1 atom stereocenters. The second-order valence-electron chi connectivity index (χ2n) is 3.61. The van der Waals surface area contributed by atoms with Crippen molar-refractivity contribution in [2.75, 3.05) is 12.4 Å². The van der Waals surface area contributed by atoms with Gasteiger partial charge in [0.05, 0.1) is 5.75 Å². The number of esters is 1.